The van der Waals surface area contributed by atoms with Crippen LogP contribution in [0.25, 0.3) is 10.9 Å². The molecule has 0 saturated carbocycles. The minimum Gasteiger partial charge on any atom is -0.489 e. The van der Waals surface area contributed by atoms with Gasteiger partial charge in [-0.3, -0.25) is 9.78 Å². The van der Waals surface area contributed by atoms with E-state index in [0.717, 1.165) is 46.4 Å². The van der Waals surface area contributed by atoms with E-state index in [1.807, 2.05) is 56.3 Å². The van der Waals surface area contributed by atoms with Crippen LogP contribution in [-0.2, 0) is 21.6 Å². The predicted molar refractivity (Wildman–Crippen MR) is 130 cm³/mol. The first kappa shape index (κ1) is 24.7. The summed E-state index contributed by atoms with van der Waals surface area (Å²) in [5.41, 5.74) is 3.15. The number of hydrogen-bond donors (Lipinski definition) is 2. The molecule has 0 amide bonds. The zero-order chi connectivity index (χ0) is 23.8. The summed E-state index contributed by atoms with van der Waals surface area (Å²) in [5.74, 6) is 0.480. The third kappa shape index (κ3) is 6.30. The van der Waals surface area contributed by atoms with E-state index in [9.17, 15) is 9.90 Å². The molecule has 0 saturated heterocycles. The average Bonchev–Trinajstić information content (AvgIpc) is 2.81. The number of fused-ring (bicyclic) bond motifs is 1. The van der Waals surface area contributed by atoms with Gasteiger partial charge in [-0.2, -0.15) is 0 Å². The van der Waals surface area contributed by atoms with Crippen LogP contribution in [0.1, 0.15) is 43.5 Å². The maximum Gasteiger partial charge on any atom is 0.315 e. The molecule has 0 aliphatic carbocycles. The van der Waals surface area contributed by atoms with Crippen molar-refractivity contribution in [3.8, 4) is 5.75 Å². The van der Waals surface area contributed by atoms with Crippen LogP contribution in [0.3, 0.4) is 0 Å². The maximum atomic E-state index is 12.6. The summed E-state index contributed by atoms with van der Waals surface area (Å²) in [4.78, 5) is 17.2. The number of benzene rings is 2. The van der Waals surface area contributed by atoms with Crippen molar-refractivity contribution in [3.63, 3.8) is 0 Å². The smallest absolute Gasteiger partial charge is 0.315 e. The van der Waals surface area contributed by atoms with Crippen LogP contribution >= 0.6 is 0 Å². The van der Waals surface area contributed by atoms with E-state index < -0.39 is 11.5 Å². The molecule has 1 heterocycles. The van der Waals surface area contributed by atoms with Gasteiger partial charge < -0.3 is 19.9 Å². The molecule has 3 rings (SSSR count). The molecular weight excluding hydrogens is 416 g/mol. The first-order valence-electron chi connectivity index (χ1n) is 11.4. The van der Waals surface area contributed by atoms with Gasteiger partial charge in [0.15, 0.2) is 0 Å². The number of pyridine rings is 1. The first-order valence-corrected chi connectivity index (χ1v) is 11.4. The van der Waals surface area contributed by atoms with Gasteiger partial charge in [-0.1, -0.05) is 30.3 Å². The maximum absolute atomic E-state index is 12.6. The fraction of sp³-hybridized carbons (Fsp3) is 0.407. The van der Waals surface area contributed by atoms with E-state index in [4.69, 9.17) is 9.47 Å². The predicted octanol–water partition coefficient (Wildman–Crippen LogP) is 4.30. The van der Waals surface area contributed by atoms with E-state index in [2.05, 4.69) is 22.4 Å². The second kappa shape index (κ2) is 11.3. The van der Waals surface area contributed by atoms with Gasteiger partial charge in [-0.15, -0.1) is 0 Å². The van der Waals surface area contributed by atoms with Crippen molar-refractivity contribution < 1.29 is 19.4 Å². The van der Waals surface area contributed by atoms with Crippen LogP contribution in [0.15, 0.2) is 54.6 Å². The van der Waals surface area contributed by atoms with Gasteiger partial charge in [0.05, 0.1) is 24.1 Å². The molecule has 0 aliphatic rings. The molecule has 176 valence electrons. The number of ether oxygens (including phenoxy) is 2. The molecule has 0 bridgehead atoms. The van der Waals surface area contributed by atoms with Gasteiger partial charge in [-0.25, -0.2) is 0 Å². The number of rotatable bonds is 11. The number of nitrogens with one attached hydrogen (secondary N) is 1. The van der Waals surface area contributed by atoms with Crippen molar-refractivity contribution in [1.29, 1.82) is 0 Å². The fourth-order valence-corrected chi connectivity index (χ4v) is 4.06. The Labute approximate surface area is 196 Å². The van der Waals surface area contributed by atoms with E-state index in [-0.39, 0.29) is 5.97 Å². The Morgan fingerprint density at radius 3 is 2.61 bits per heavy atom. The first-order chi connectivity index (χ1) is 15.8. The summed E-state index contributed by atoms with van der Waals surface area (Å²) < 4.78 is 11.2. The van der Waals surface area contributed by atoms with Crippen molar-refractivity contribution in [2.24, 2.45) is 0 Å². The SMILES string of the molecule is COC(=O)C(C)(CCCNCC(C)O)c1ccc(OCc2cc(C)nc3ccccc23)cc1. The lowest BCUT2D eigenvalue weighted by Crippen LogP contribution is -2.35. The lowest BCUT2D eigenvalue weighted by atomic mass is 9.78. The van der Waals surface area contributed by atoms with Gasteiger partial charge >= 0.3 is 5.97 Å². The highest BCUT2D eigenvalue weighted by Crippen LogP contribution is 2.32. The number of aliphatic hydroxyl groups excluding tert-OH is 1. The summed E-state index contributed by atoms with van der Waals surface area (Å²) >= 11 is 0. The molecule has 0 radical (unpaired) electrons. The minimum absolute atomic E-state index is 0.259. The Hall–Kier alpha value is -2.96. The Kier molecular flexibility index (Phi) is 8.42. The van der Waals surface area contributed by atoms with Crippen LogP contribution in [-0.4, -0.2) is 42.4 Å². The third-order valence-corrected chi connectivity index (χ3v) is 5.92. The topological polar surface area (TPSA) is 80.7 Å². The number of carbonyl (C=O) groups is 1. The van der Waals surface area contributed by atoms with Gasteiger partial charge in [0.25, 0.3) is 0 Å². The number of aliphatic hydroxyl groups is 1. The molecule has 2 unspecified atom stereocenters. The van der Waals surface area contributed by atoms with Gasteiger partial charge in [-0.05, 0) is 70.0 Å². The van der Waals surface area contributed by atoms with Crippen molar-refractivity contribution in [3.05, 3.63) is 71.4 Å². The lowest BCUT2D eigenvalue weighted by Gasteiger charge is -2.27. The molecule has 0 spiro atoms. The zero-order valence-electron chi connectivity index (χ0n) is 19.9. The van der Waals surface area contributed by atoms with Crippen molar-refractivity contribution in [1.82, 2.24) is 10.3 Å². The lowest BCUT2D eigenvalue weighted by molar-refractivity contribution is -0.147. The number of carbonyl (C=O) groups excluding carboxylic acids is 1. The molecule has 33 heavy (non-hydrogen) atoms. The summed E-state index contributed by atoms with van der Waals surface area (Å²) in [7, 11) is 1.42. The molecule has 1 aromatic heterocycles. The number of esters is 1. The summed E-state index contributed by atoms with van der Waals surface area (Å²) in [6, 6.07) is 17.8. The van der Waals surface area contributed by atoms with Crippen molar-refractivity contribution >= 4 is 16.9 Å². The molecule has 2 atom stereocenters. The average molecular weight is 451 g/mol. The van der Waals surface area contributed by atoms with E-state index in [1.54, 1.807) is 6.92 Å². The fourth-order valence-electron chi connectivity index (χ4n) is 4.06. The third-order valence-electron chi connectivity index (χ3n) is 5.92. The Morgan fingerprint density at radius 2 is 1.91 bits per heavy atom. The largest absolute Gasteiger partial charge is 0.489 e. The highest BCUT2D eigenvalue weighted by molar-refractivity contribution is 5.83. The number of nitrogens with zero attached hydrogens (tertiary/aromatic N) is 1. The standard InChI is InChI=1S/C27H34N2O4/c1-19-16-21(24-8-5-6-9-25(24)29-19)18-33-23-12-10-22(11-13-23)27(3,26(31)32-4)14-7-15-28-17-20(2)30/h5-6,8-13,16,20,28,30H,7,14-15,17-18H2,1-4H3. The van der Waals surface area contributed by atoms with E-state index >= 15 is 0 Å². The van der Waals surface area contributed by atoms with Crippen LogP contribution < -0.4 is 10.1 Å². The van der Waals surface area contributed by atoms with E-state index in [0.29, 0.717) is 19.6 Å². The molecule has 2 N–H and O–H groups in total. The van der Waals surface area contributed by atoms with Crippen LogP contribution in [0, 0.1) is 6.92 Å². The molecule has 0 aliphatic heterocycles. The highest BCUT2D eigenvalue weighted by atomic mass is 16.5. The zero-order valence-corrected chi connectivity index (χ0v) is 19.9. The van der Waals surface area contributed by atoms with Crippen molar-refractivity contribution in [2.75, 3.05) is 20.2 Å². The second-order valence-electron chi connectivity index (χ2n) is 8.73. The second-order valence-corrected chi connectivity index (χ2v) is 8.73. The number of methoxy groups -OCH3 is 1. The molecule has 2 aromatic carbocycles. The van der Waals surface area contributed by atoms with Gasteiger partial charge in [0, 0.05) is 23.2 Å². The molecule has 6 heteroatoms. The van der Waals surface area contributed by atoms with Crippen LogP contribution in [0.2, 0.25) is 0 Å². The normalized spacial score (nSPS) is 14.0. The Bertz CT molecular complexity index is 1070. The molecule has 6 nitrogen and oxygen atoms in total. The number of aromatic nitrogens is 1. The monoisotopic (exact) mass is 450 g/mol. The quantitative estimate of drug-likeness (QED) is 0.335. The van der Waals surface area contributed by atoms with Gasteiger partial charge in [0.1, 0.15) is 12.4 Å². The minimum atomic E-state index is -0.752. The summed E-state index contributed by atoms with van der Waals surface area (Å²) in [5, 5.41) is 13.7. The highest BCUT2D eigenvalue weighted by Gasteiger charge is 2.35. The summed E-state index contributed by atoms with van der Waals surface area (Å²) in [6.07, 6.45) is 1.03. The molecule has 0 fully saturated rings. The Morgan fingerprint density at radius 1 is 1.18 bits per heavy atom. The molecule has 3 aromatic rings. The van der Waals surface area contributed by atoms with Crippen LogP contribution in [0.5, 0.6) is 5.75 Å². The number of hydrogen-bond acceptors (Lipinski definition) is 6. The molecular formula is C27H34N2O4. The van der Waals surface area contributed by atoms with Crippen LogP contribution in [0.4, 0.5) is 0 Å². The summed E-state index contributed by atoms with van der Waals surface area (Å²) in [6.45, 7) is 7.33. The Balaban J connectivity index is 1.69. The van der Waals surface area contributed by atoms with Crippen molar-refractivity contribution in [2.45, 2.75) is 51.7 Å². The van der Waals surface area contributed by atoms with Gasteiger partial charge in [0.2, 0.25) is 0 Å². The van der Waals surface area contributed by atoms with E-state index in [1.165, 1.54) is 7.11 Å². The number of aryl methyl sites for hydroxylation is 1. The number of para-hydroxylation sites is 1.